The second-order valence-electron chi connectivity index (χ2n) is 4.57. The number of benzene rings is 1. The second kappa shape index (κ2) is 5.61. The van der Waals surface area contributed by atoms with Gasteiger partial charge in [0, 0.05) is 6.04 Å². The van der Waals surface area contributed by atoms with Gasteiger partial charge in [0.1, 0.15) is 11.6 Å². The molecule has 0 amide bonds. The third-order valence-electron chi connectivity index (χ3n) is 3.13. The predicted molar refractivity (Wildman–Crippen MR) is 78.4 cm³/mol. The number of pyridine rings is 1. The topological polar surface area (TPSA) is 60.2 Å². The Bertz CT molecular complexity index is 552. The number of rotatable bonds is 4. The number of nitrogens with one attached hydrogen (secondary N) is 1. The van der Waals surface area contributed by atoms with Crippen LogP contribution in [0.15, 0.2) is 36.5 Å². The van der Waals surface area contributed by atoms with E-state index in [1.807, 2.05) is 37.3 Å². The molecule has 2 aromatic rings. The third-order valence-corrected chi connectivity index (χ3v) is 3.13. The van der Waals surface area contributed by atoms with Gasteiger partial charge in [-0.2, -0.15) is 0 Å². The minimum Gasteiger partial charge on any atom is -0.497 e. The Hall–Kier alpha value is -2.23. The van der Waals surface area contributed by atoms with Crippen molar-refractivity contribution in [1.29, 1.82) is 0 Å². The Morgan fingerprint density at radius 3 is 2.53 bits per heavy atom. The molecule has 0 aliphatic heterocycles. The van der Waals surface area contributed by atoms with E-state index < -0.39 is 0 Å². The summed E-state index contributed by atoms with van der Waals surface area (Å²) in [5.74, 6) is 1.69. The van der Waals surface area contributed by atoms with Gasteiger partial charge in [-0.05, 0) is 43.2 Å². The second-order valence-corrected chi connectivity index (χ2v) is 4.57. The van der Waals surface area contributed by atoms with Gasteiger partial charge in [-0.25, -0.2) is 4.98 Å². The highest BCUT2D eigenvalue weighted by Crippen LogP contribution is 2.22. The molecule has 0 spiro atoms. The molecule has 0 saturated heterocycles. The third kappa shape index (κ3) is 3.16. The molecule has 2 rings (SSSR count). The summed E-state index contributed by atoms with van der Waals surface area (Å²) in [5, 5.41) is 3.36. The standard InChI is InChI=1S/C15H19N3O/c1-10-8-15(17-9-14(10)16)18-11(2)12-4-6-13(19-3)7-5-12/h4-9,11H,16H2,1-3H3,(H,17,18). The van der Waals surface area contributed by atoms with Crippen LogP contribution in [0.2, 0.25) is 0 Å². The molecule has 100 valence electrons. The summed E-state index contributed by atoms with van der Waals surface area (Å²) in [6.45, 7) is 4.06. The van der Waals surface area contributed by atoms with Gasteiger partial charge in [0.25, 0.3) is 0 Å². The van der Waals surface area contributed by atoms with Crippen molar-refractivity contribution in [2.24, 2.45) is 0 Å². The van der Waals surface area contributed by atoms with Gasteiger partial charge in [-0.15, -0.1) is 0 Å². The van der Waals surface area contributed by atoms with E-state index >= 15 is 0 Å². The SMILES string of the molecule is COc1ccc(C(C)Nc2cc(C)c(N)cn2)cc1. The van der Waals surface area contributed by atoms with Crippen molar-refractivity contribution in [3.05, 3.63) is 47.7 Å². The van der Waals surface area contributed by atoms with Crippen LogP contribution in [0, 0.1) is 6.92 Å². The molecule has 1 aromatic carbocycles. The molecule has 1 aromatic heterocycles. The number of hydrogen-bond donors (Lipinski definition) is 2. The minimum absolute atomic E-state index is 0.168. The molecule has 4 nitrogen and oxygen atoms in total. The lowest BCUT2D eigenvalue weighted by atomic mass is 10.1. The number of hydrogen-bond acceptors (Lipinski definition) is 4. The monoisotopic (exact) mass is 257 g/mol. The van der Waals surface area contributed by atoms with E-state index in [-0.39, 0.29) is 6.04 Å². The van der Waals surface area contributed by atoms with Gasteiger partial charge in [-0.1, -0.05) is 12.1 Å². The maximum atomic E-state index is 5.76. The van der Waals surface area contributed by atoms with E-state index in [9.17, 15) is 0 Å². The van der Waals surface area contributed by atoms with Crippen LogP contribution in [-0.2, 0) is 0 Å². The van der Waals surface area contributed by atoms with Crippen molar-refractivity contribution in [2.45, 2.75) is 19.9 Å². The van der Waals surface area contributed by atoms with Gasteiger partial charge in [-0.3, -0.25) is 0 Å². The molecule has 0 aliphatic rings. The zero-order chi connectivity index (χ0) is 13.8. The summed E-state index contributed by atoms with van der Waals surface area (Å²) in [7, 11) is 1.66. The lowest BCUT2D eigenvalue weighted by Gasteiger charge is -2.16. The Kier molecular flexibility index (Phi) is 3.90. The van der Waals surface area contributed by atoms with Crippen LogP contribution in [0.4, 0.5) is 11.5 Å². The average Bonchev–Trinajstić information content (AvgIpc) is 2.43. The number of aryl methyl sites for hydroxylation is 1. The molecule has 19 heavy (non-hydrogen) atoms. The van der Waals surface area contributed by atoms with E-state index in [1.165, 1.54) is 5.56 Å². The first-order valence-corrected chi connectivity index (χ1v) is 6.22. The molecule has 0 radical (unpaired) electrons. The van der Waals surface area contributed by atoms with E-state index in [0.29, 0.717) is 5.69 Å². The molecule has 0 fully saturated rings. The zero-order valence-electron chi connectivity index (χ0n) is 11.5. The van der Waals surface area contributed by atoms with E-state index in [1.54, 1.807) is 13.3 Å². The van der Waals surface area contributed by atoms with Crippen molar-refractivity contribution in [3.8, 4) is 5.75 Å². The van der Waals surface area contributed by atoms with Crippen molar-refractivity contribution >= 4 is 11.5 Å². The molecule has 1 heterocycles. The zero-order valence-corrected chi connectivity index (χ0v) is 11.5. The van der Waals surface area contributed by atoms with Crippen molar-refractivity contribution < 1.29 is 4.74 Å². The summed E-state index contributed by atoms with van der Waals surface area (Å²) in [6, 6.07) is 10.1. The summed E-state index contributed by atoms with van der Waals surface area (Å²) in [6.07, 6.45) is 1.68. The number of nitrogen functional groups attached to an aromatic ring is 1. The van der Waals surface area contributed by atoms with Gasteiger partial charge in [0.15, 0.2) is 0 Å². The Labute approximate surface area is 113 Å². The lowest BCUT2D eigenvalue weighted by molar-refractivity contribution is 0.414. The fourth-order valence-corrected chi connectivity index (χ4v) is 1.84. The number of methoxy groups -OCH3 is 1. The van der Waals surface area contributed by atoms with Gasteiger partial charge < -0.3 is 15.8 Å². The molecule has 1 unspecified atom stereocenters. The number of anilines is 2. The van der Waals surface area contributed by atoms with Gasteiger partial charge >= 0.3 is 0 Å². The van der Waals surface area contributed by atoms with Crippen LogP contribution in [0.1, 0.15) is 24.1 Å². The maximum absolute atomic E-state index is 5.76. The largest absolute Gasteiger partial charge is 0.497 e. The average molecular weight is 257 g/mol. The molecule has 4 heteroatoms. The van der Waals surface area contributed by atoms with Crippen LogP contribution >= 0.6 is 0 Å². The number of aromatic nitrogens is 1. The molecule has 0 aliphatic carbocycles. The molecular weight excluding hydrogens is 238 g/mol. The highest BCUT2D eigenvalue weighted by molar-refractivity contribution is 5.51. The molecule has 1 atom stereocenters. The van der Waals surface area contributed by atoms with Crippen LogP contribution in [0.3, 0.4) is 0 Å². The maximum Gasteiger partial charge on any atom is 0.126 e. The number of nitrogens with zero attached hydrogens (tertiary/aromatic N) is 1. The summed E-state index contributed by atoms with van der Waals surface area (Å²) in [4.78, 5) is 4.28. The Morgan fingerprint density at radius 1 is 1.26 bits per heavy atom. The first-order valence-electron chi connectivity index (χ1n) is 6.22. The van der Waals surface area contributed by atoms with E-state index in [0.717, 1.165) is 17.1 Å². The van der Waals surface area contributed by atoms with Crippen LogP contribution in [0.5, 0.6) is 5.75 Å². The summed E-state index contributed by atoms with van der Waals surface area (Å²) >= 11 is 0. The van der Waals surface area contributed by atoms with Gasteiger partial charge in [0.2, 0.25) is 0 Å². The summed E-state index contributed by atoms with van der Waals surface area (Å²) in [5.41, 5.74) is 8.67. The molecule has 3 N–H and O–H groups in total. The van der Waals surface area contributed by atoms with Crippen molar-refractivity contribution in [3.63, 3.8) is 0 Å². The minimum atomic E-state index is 0.168. The quantitative estimate of drug-likeness (QED) is 0.883. The first kappa shape index (κ1) is 13.2. The smallest absolute Gasteiger partial charge is 0.126 e. The Balaban J connectivity index is 2.10. The fourth-order valence-electron chi connectivity index (χ4n) is 1.84. The lowest BCUT2D eigenvalue weighted by Crippen LogP contribution is -2.08. The summed E-state index contributed by atoms with van der Waals surface area (Å²) < 4.78 is 5.15. The van der Waals surface area contributed by atoms with Crippen LogP contribution in [0.25, 0.3) is 0 Å². The molecule has 0 saturated carbocycles. The highest BCUT2D eigenvalue weighted by Gasteiger charge is 2.07. The van der Waals surface area contributed by atoms with E-state index in [4.69, 9.17) is 10.5 Å². The first-order chi connectivity index (χ1) is 9.10. The predicted octanol–water partition coefficient (Wildman–Crippen LogP) is 3.15. The van der Waals surface area contributed by atoms with Crippen LogP contribution in [-0.4, -0.2) is 12.1 Å². The molecule has 0 bridgehead atoms. The molecular formula is C15H19N3O. The highest BCUT2D eigenvalue weighted by atomic mass is 16.5. The van der Waals surface area contributed by atoms with Crippen LogP contribution < -0.4 is 15.8 Å². The Morgan fingerprint density at radius 2 is 1.95 bits per heavy atom. The number of ether oxygens (including phenoxy) is 1. The normalized spacial score (nSPS) is 11.9. The van der Waals surface area contributed by atoms with Crippen molar-refractivity contribution in [1.82, 2.24) is 4.98 Å². The van der Waals surface area contributed by atoms with Gasteiger partial charge in [0.05, 0.1) is 19.0 Å². The van der Waals surface area contributed by atoms with E-state index in [2.05, 4.69) is 17.2 Å². The van der Waals surface area contributed by atoms with Crippen molar-refractivity contribution in [2.75, 3.05) is 18.2 Å². The number of nitrogens with two attached hydrogens (primary N) is 1. The fraction of sp³-hybridized carbons (Fsp3) is 0.267.